The van der Waals surface area contributed by atoms with Gasteiger partial charge in [-0.25, -0.2) is 4.68 Å². The Bertz CT molecular complexity index is 539. The third kappa shape index (κ3) is 5.08. The van der Waals surface area contributed by atoms with Gasteiger partial charge >= 0.3 is 0 Å². The monoisotopic (exact) mass is 320 g/mol. The van der Waals surface area contributed by atoms with Crippen LogP contribution in [0.5, 0.6) is 0 Å². The first-order chi connectivity index (χ1) is 10.9. The molecule has 1 aromatic rings. The van der Waals surface area contributed by atoms with Crippen molar-refractivity contribution in [3.63, 3.8) is 0 Å². The van der Waals surface area contributed by atoms with Crippen molar-refractivity contribution in [2.75, 3.05) is 11.9 Å². The van der Waals surface area contributed by atoms with Gasteiger partial charge in [-0.3, -0.25) is 9.59 Å². The minimum Gasteiger partial charge on any atom is -0.356 e. The molecule has 1 heterocycles. The van der Waals surface area contributed by atoms with Crippen molar-refractivity contribution in [1.82, 2.24) is 15.1 Å². The van der Waals surface area contributed by atoms with E-state index in [9.17, 15) is 9.59 Å². The summed E-state index contributed by atoms with van der Waals surface area (Å²) in [6.45, 7) is 6.14. The van der Waals surface area contributed by atoms with Crippen LogP contribution >= 0.6 is 0 Å². The summed E-state index contributed by atoms with van der Waals surface area (Å²) in [4.78, 5) is 23.8. The van der Waals surface area contributed by atoms with E-state index < -0.39 is 5.41 Å². The molecule has 0 saturated heterocycles. The predicted molar refractivity (Wildman–Crippen MR) is 90.1 cm³/mol. The number of carbonyl (C=O) groups excluding carboxylic acids is 2. The first-order valence-corrected chi connectivity index (χ1v) is 8.49. The molecule has 0 aliphatic heterocycles. The molecule has 0 atom stereocenters. The number of nitrogens with zero attached hydrogens (tertiary/aromatic N) is 2. The molecule has 1 aliphatic rings. The Morgan fingerprint density at radius 1 is 1.30 bits per heavy atom. The molecule has 23 heavy (non-hydrogen) atoms. The standard InChI is InChI=1S/C17H28N4O2/c1-17(2,3)16(23)18-11-6-9-15(22)20-14-10-12-19-21(14)13-7-4-5-8-13/h10,12-13H,4-9,11H2,1-3H3,(H,18,23)(H,20,22). The van der Waals surface area contributed by atoms with E-state index in [1.807, 2.05) is 31.5 Å². The fourth-order valence-electron chi connectivity index (χ4n) is 2.77. The van der Waals surface area contributed by atoms with Crippen LogP contribution in [0.4, 0.5) is 5.82 Å². The smallest absolute Gasteiger partial charge is 0.225 e. The topological polar surface area (TPSA) is 76.0 Å². The Kier molecular flexibility index (Phi) is 5.80. The summed E-state index contributed by atoms with van der Waals surface area (Å²) in [6, 6.07) is 2.25. The number of rotatable bonds is 6. The van der Waals surface area contributed by atoms with Gasteiger partial charge in [0, 0.05) is 24.4 Å². The zero-order valence-electron chi connectivity index (χ0n) is 14.4. The molecule has 2 N–H and O–H groups in total. The van der Waals surface area contributed by atoms with Crippen LogP contribution < -0.4 is 10.6 Å². The summed E-state index contributed by atoms with van der Waals surface area (Å²) in [5.41, 5.74) is -0.393. The van der Waals surface area contributed by atoms with Gasteiger partial charge in [-0.15, -0.1) is 0 Å². The first-order valence-electron chi connectivity index (χ1n) is 8.49. The Labute approximate surface area is 138 Å². The lowest BCUT2D eigenvalue weighted by molar-refractivity contribution is -0.128. The van der Waals surface area contributed by atoms with Gasteiger partial charge in [0.15, 0.2) is 0 Å². The third-order valence-corrected chi connectivity index (χ3v) is 4.16. The molecule has 2 rings (SSSR count). The van der Waals surface area contributed by atoms with E-state index in [1.165, 1.54) is 12.8 Å². The van der Waals surface area contributed by atoms with Gasteiger partial charge in [0.05, 0.1) is 12.2 Å². The zero-order valence-corrected chi connectivity index (χ0v) is 14.4. The molecule has 2 amide bonds. The molecule has 0 radical (unpaired) electrons. The third-order valence-electron chi connectivity index (χ3n) is 4.16. The van der Waals surface area contributed by atoms with E-state index in [0.717, 1.165) is 18.7 Å². The summed E-state index contributed by atoms with van der Waals surface area (Å²) in [7, 11) is 0. The summed E-state index contributed by atoms with van der Waals surface area (Å²) in [5.74, 6) is 0.757. The van der Waals surface area contributed by atoms with Gasteiger partial charge < -0.3 is 10.6 Å². The second-order valence-electron chi connectivity index (χ2n) is 7.26. The van der Waals surface area contributed by atoms with Crippen LogP contribution in [0.25, 0.3) is 0 Å². The van der Waals surface area contributed by atoms with Crippen molar-refractivity contribution in [3.8, 4) is 0 Å². The fraction of sp³-hybridized carbons (Fsp3) is 0.706. The molecular formula is C17H28N4O2. The predicted octanol–water partition coefficient (Wildman–Crippen LogP) is 2.88. The second-order valence-corrected chi connectivity index (χ2v) is 7.26. The van der Waals surface area contributed by atoms with Crippen LogP contribution in [0, 0.1) is 5.41 Å². The largest absolute Gasteiger partial charge is 0.356 e. The fourth-order valence-corrected chi connectivity index (χ4v) is 2.77. The van der Waals surface area contributed by atoms with Gasteiger partial charge in [-0.2, -0.15) is 5.10 Å². The highest BCUT2D eigenvalue weighted by molar-refractivity contribution is 5.89. The highest BCUT2D eigenvalue weighted by atomic mass is 16.2. The second kappa shape index (κ2) is 7.62. The minimum absolute atomic E-state index is 0.0113. The number of anilines is 1. The maximum absolute atomic E-state index is 12.1. The van der Waals surface area contributed by atoms with Crippen molar-refractivity contribution in [3.05, 3.63) is 12.3 Å². The van der Waals surface area contributed by atoms with Crippen LogP contribution in [0.15, 0.2) is 12.3 Å². The molecule has 1 aromatic heterocycles. The van der Waals surface area contributed by atoms with Crippen molar-refractivity contribution in [2.24, 2.45) is 5.41 Å². The number of aromatic nitrogens is 2. The van der Waals surface area contributed by atoms with Gasteiger partial charge in [-0.1, -0.05) is 33.6 Å². The Hall–Kier alpha value is -1.85. The van der Waals surface area contributed by atoms with Gasteiger partial charge in [-0.05, 0) is 19.3 Å². The molecular weight excluding hydrogens is 292 g/mol. The molecule has 6 heteroatoms. The average Bonchev–Trinajstić information content (AvgIpc) is 3.12. The molecule has 128 valence electrons. The lowest BCUT2D eigenvalue weighted by atomic mass is 9.96. The highest BCUT2D eigenvalue weighted by Gasteiger charge is 2.21. The van der Waals surface area contributed by atoms with Gasteiger partial charge in [0.1, 0.15) is 5.82 Å². The molecule has 0 aromatic carbocycles. The van der Waals surface area contributed by atoms with Crippen LogP contribution in [0.2, 0.25) is 0 Å². The van der Waals surface area contributed by atoms with Crippen molar-refractivity contribution < 1.29 is 9.59 Å². The molecule has 0 spiro atoms. The molecule has 6 nitrogen and oxygen atoms in total. The van der Waals surface area contributed by atoms with Crippen LogP contribution in [0.1, 0.15) is 65.3 Å². The Balaban J connectivity index is 1.73. The number of carbonyl (C=O) groups is 2. The number of hydrogen-bond acceptors (Lipinski definition) is 3. The zero-order chi connectivity index (χ0) is 16.9. The highest BCUT2D eigenvalue weighted by Crippen LogP contribution is 2.31. The van der Waals surface area contributed by atoms with Gasteiger partial charge in [0.2, 0.25) is 11.8 Å². The Morgan fingerprint density at radius 2 is 2.00 bits per heavy atom. The quantitative estimate of drug-likeness (QED) is 0.791. The van der Waals surface area contributed by atoms with E-state index in [1.54, 1.807) is 6.20 Å². The SMILES string of the molecule is CC(C)(C)C(=O)NCCCC(=O)Nc1ccnn1C1CCCC1. The maximum atomic E-state index is 12.1. The average molecular weight is 320 g/mol. The normalized spacial score (nSPS) is 15.6. The first kappa shape index (κ1) is 17.5. The minimum atomic E-state index is -0.393. The summed E-state index contributed by atoms with van der Waals surface area (Å²) < 4.78 is 1.94. The van der Waals surface area contributed by atoms with Crippen LogP contribution in [-0.4, -0.2) is 28.1 Å². The van der Waals surface area contributed by atoms with E-state index in [-0.39, 0.29) is 11.8 Å². The lowest BCUT2D eigenvalue weighted by Crippen LogP contribution is -2.35. The van der Waals surface area contributed by atoms with Crippen LogP contribution in [0.3, 0.4) is 0 Å². The molecule has 1 aliphatic carbocycles. The van der Waals surface area contributed by atoms with E-state index in [4.69, 9.17) is 0 Å². The molecule has 0 unspecified atom stereocenters. The number of hydrogen-bond donors (Lipinski definition) is 2. The molecule has 1 fully saturated rings. The summed E-state index contributed by atoms with van der Waals surface area (Å²) >= 11 is 0. The summed E-state index contributed by atoms with van der Waals surface area (Å²) in [5, 5.41) is 10.1. The van der Waals surface area contributed by atoms with Crippen molar-refractivity contribution >= 4 is 17.6 Å². The van der Waals surface area contributed by atoms with Crippen LogP contribution in [-0.2, 0) is 9.59 Å². The number of amides is 2. The number of nitrogens with one attached hydrogen (secondary N) is 2. The van der Waals surface area contributed by atoms with E-state index in [0.29, 0.717) is 25.4 Å². The van der Waals surface area contributed by atoms with Crippen molar-refractivity contribution in [2.45, 2.75) is 65.3 Å². The van der Waals surface area contributed by atoms with E-state index >= 15 is 0 Å². The van der Waals surface area contributed by atoms with Gasteiger partial charge in [0.25, 0.3) is 0 Å². The van der Waals surface area contributed by atoms with Crippen molar-refractivity contribution in [1.29, 1.82) is 0 Å². The Morgan fingerprint density at radius 3 is 2.65 bits per heavy atom. The summed E-state index contributed by atoms with van der Waals surface area (Å²) in [6.07, 6.45) is 7.46. The van der Waals surface area contributed by atoms with E-state index in [2.05, 4.69) is 15.7 Å². The molecule has 0 bridgehead atoms. The molecule has 1 saturated carbocycles. The maximum Gasteiger partial charge on any atom is 0.225 e. The lowest BCUT2D eigenvalue weighted by Gasteiger charge is -2.17.